The normalized spacial score (nSPS) is 11.4. The second-order valence-corrected chi connectivity index (χ2v) is 2.18. The minimum Gasteiger partial charge on any atom is -0.299 e. The van der Waals surface area contributed by atoms with E-state index in [2.05, 4.69) is 17.0 Å². The van der Waals surface area contributed by atoms with E-state index in [4.69, 9.17) is 0 Å². The molecule has 0 fully saturated rings. The summed E-state index contributed by atoms with van der Waals surface area (Å²) in [4.78, 5) is 4.13. The summed E-state index contributed by atoms with van der Waals surface area (Å²) in [7, 11) is 3.75. The first kappa shape index (κ1) is 9.17. The van der Waals surface area contributed by atoms with Crippen LogP contribution in [0.3, 0.4) is 0 Å². The van der Waals surface area contributed by atoms with Crippen LogP contribution in [0.4, 0.5) is 0 Å². The van der Waals surface area contributed by atoms with Gasteiger partial charge in [0.15, 0.2) is 0 Å². The Morgan fingerprint density at radius 3 is 2.30 bits per heavy atom. The molecule has 0 aliphatic rings. The summed E-state index contributed by atoms with van der Waals surface area (Å²) < 4.78 is 0. The minimum absolute atomic E-state index is 0.819. The molecule has 0 aromatic heterocycles. The monoisotopic (exact) mass is 141 g/mol. The average Bonchev–Trinajstić information content (AvgIpc) is 1.85. The molecule has 0 spiro atoms. The molecular formula is C7H15N3. The largest absolute Gasteiger partial charge is 0.299 e. The predicted octanol–water partition coefficient (Wildman–Crippen LogP) is 1.00. The Kier molecular flexibility index (Phi) is 3.72. The fourth-order valence-corrected chi connectivity index (χ4v) is 0.513. The SMILES string of the molecule is C=C(C)/N=C(/C)N(C)NC. The van der Waals surface area contributed by atoms with Gasteiger partial charge < -0.3 is 0 Å². The molecule has 0 aromatic rings. The van der Waals surface area contributed by atoms with Crippen LogP contribution >= 0.6 is 0 Å². The van der Waals surface area contributed by atoms with Crippen molar-refractivity contribution >= 4 is 5.84 Å². The summed E-state index contributed by atoms with van der Waals surface area (Å²) in [5, 5.41) is 1.83. The van der Waals surface area contributed by atoms with Gasteiger partial charge in [-0.1, -0.05) is 6.58 Å². The average molecular weight is 141 g/mol. The van der Waals surface area contributed by atoms with Gasteiger partial charge in [-0.2, -0.15) is 0 Å². The number of amidine groups is 1. The number of rotatable bonds is 2. The molecule has 58 valence electrons. The molecule has 3 heteroatoms. The molecule has 0 rings (SSSR count). The van der Waals surface area contributed by atoms with Crippen LogP contribution in [0.1, 0.15) is 13.8 Å². The molecule has 0 unspecified atom stereocenters. The number of aliphatic imine (C=N–C) groups is 1. The van der Waals surface area contributed by atoms with E-state index in [1.165, 1.54) is 0 Å². The first-order valence-electron chi connectivity index (χ1n) is 3.20. The van der Waals surface area contributed by atoms with Gasteiger partial charge in [0.05, 0.1) is 0 Å². The van der Waals surface area contributed by atoms with E-state index in [0.717, 1.165) is 11.5 Å². The highest BCUT2D eigenvalue weighted by Gasteiger charge is 1.94. The van der Waals surface area contributed by atoms with Crippen molar-refractivity contribution in [2.24, 2.45) is 4.99 Å². The second-order valence-electron chi connectivity index (χ2n) is 2.18. The summed E-state index contributed by atoms with van der Waals surface area (Å²) in [5.74, 6) is 0.912. The van der Waals surface area contributed by atoms with E-state index >= 15 is 0 Å². The van der Waals surface area contributed by atoms with E-state index in [9.17, 15) is 0 Å². The Labute approximate surface area is 62.4 Å². The Balaban J connectivity index is 4.04. The summed E-state index contributed by atoms with van der Waals surface area (Å²) in [6.07, 6.45) is 0. The quantitative estimate of drug-likeness (QED) is 0.353. The molecule has 0 saturated carbocycles. The van der Waals surface area contributed by atoms with Crippen LogP contribution in [0.2, 0.25) is 0 Å². The van der Waals surface area contributed by atoms with Crippen molar-refractivity contribution in [2.75, 3.05) is 14.1 Å². The molecule has 10 heavy (non-hydrogen) atoms. The Morgan fingerprint density at radius 1 is 1.50 bits per heavy atom. The Bertz CT molecular complexity index is 149. The molecule has 3 nitrogen and oxygen atoms in total. The van der Waals surface area contributed by atoms with Crippen LogP contribution in [0.15, 0.2) is 17.3 Å². The predicted molar refractivity (Wildman–Crippen MR) is 44.7 cm³/mol. The summed E-state index contributed by atoms with van der Waals surface area (Å²) in [6.45, 7) is 7.46. The first-order valence-corrected chi connectivity index (χ1v) is 3.20. The lowest BCUT2D eigenvalue weighted by molar-refractivity contribution is 0.406. The lowest BCUT2D eigenvalue weighted by atomic mass is 10.5. The van der Waals surface area contributed by atoms with Gasteiger partial charge in [0.25, 0.3) is 0 Å². The number of hydrogen-bond acceptors (Lipinski definition) is 2. The van der Waals surface area contributed by atoms with E-state index in [1.807, 2.05) is 33.0 Å². The van der Waals surface area contributed by atoms with Gasteiger partial charge in [-0.3, -0.25) is 5.01 Å². The topological polar surface area (TPSA) is 27.6 Å². The molecule has 0 radical (unpaired) electrons. The van der Waals surface area contributed by atoms with Crippen molar-refractivity contribution in [2.45, 2.75) is 13.8 Å². The van der Waals surface area contributed by atoms with E-state index in [-0.39, 0.29) is 0 Å². The zero-order valence-corrected chi connectivity index (χ0v) is 7.10. The maximum Gasteiger partial charge on any atom is 0.115 e. The van der Waals surface area contributed by atoms with Gasteiger partial charge in [0, 0.05) is 19.8 Å². The number of nitrogens with zero attached hydrogens (tertiary/aromatic N) is 2. The van der Waals surface area contributed by atoms with Crippen molar-refractivity contribution in [3.63, 3.8) is 0 Å². The van der Waals surface area contributed by atoms with Crippen LogP contribution < -0.4 is 5.43 Å². The molecular weight excluding hydrogens is 126 g/mol. The Hall–Kier alpha value is -0.830. The fraction of sp³-hybridized carbons (Fsp3) is 0.571. The van der Waals surface area contributed by atoms with Crippen molar-refractivity contribution in [3.8, 4) is 0 Å². The van der Waals surface area contributed by atoms with Crippen molar-refractivity contribution in [1.29, 1.82) is 0 Å². The molecule has 1 N–H and O–H groups in total. The molecule has 0 atom stereocenters. The molecule has 0 heterocycles. The molecule has 0 bridgehead atoms. The zero-order valence-electron chi connectivity index (χ0n) is 7.10. The van der Waals surface area contributed by atoms with Gasteiger partial charge >= 0.3 is 0 Å². The van der Waals surface area contributed by atoms with Gasteiger partial charge in [-0.15, -0.1) is 0 Å². The third-order valence-electron chi connectivity index (χ3n) is 1.17. The van der Waals surface area contributed by atoms with Crippen LogP contribution in [-0.4, -0.2) is 24.9 Å². The van der Waals surface area contributed by atoms with Gasteiger partial charge in [0.2, 0.25) is 0 Å². The third-order valence-corrected chi connectivity index (χ3v) is 1.17. The Morgan fingerprint density at radius 2 is 2.00 bits per heavy atom. The first-order chi connectivity index (χ1) is 4.57. The molecule has 0 aliphatic heterocycles. The number of nitrogens with one attached hydrogen (secondary N) is 1. The highest BCUT2D eigenvalue weighted by Crippen LogP contribution is 1.91. The molecule has 0 aromatic carbocycles. The minimum atomic E-state index is 0.819. The lowest BCUT2D eigenvalue weighted by Crippen LogP contribution is -2.35. The summed E-state index contributed by atoms with van der Waals surface area (Å²) in [6, 6.07) is 0. The van der Waals surface area contributed by atoms with Gasteiger partial charge in [-0.25, -0.2) is 10.4 Å². The van der Waals surface area contributed by atoms with Crippen LogP contribution in [0.25, 0.3) is 0 Å². The molecule has 0 saturated heterocycles. The lowest BCUT2D eigenvalue weighted by Gasteiger charge is -2.16. The van der Waals surface area contributed by atoms with Crippen molar-refractivity contribution in [3.05, 3.63) is 12.3 Å². The summed E-state index contributed by atoms with van der Waals surface area (Å²) >= 11 is 0. The molecule has 0 aliphatic carbocycles. The highest BCUT2D eigenvalue weighted by molar-refractivity contribution is 5.79. The maximum atomic E-state index is 4.13. The van der Waals surface area contributed by atoms with E-state index in [1.54, 1.807) is 0 Å². The number of hydrazine groups is 1. The van der Waals surface area contributed by atoms with Crippen LogP contribution in [0.5, 0.6) is 0 Å². The van der Waals surface area contributed by atoms with Crippen LogP contribution in [-0.2, 0) is 0 Å². The van der Waals surface area contributed by atoms with Crippen molar-refractivity contribution in [1.82, 2.24) is 10.4 Å². The third kappa shape index (κ3) is 3.25. The number of hydrogen-bond donors (Lipinski definition) is 1. The van der Waals surface area contributed by atoms with E-state index < -0.39 is 0 Å². The van der Waals surface area contributed by atoms with Crippen molar-refractivity contribution < 1.29 is 0 Å². The summed E-state index contributed by atoms with van der Waals surface area (Å²) in [5.41, 5.74) is 3.75. The standard InChI is InChI=1S/C7H15N3/c1-6(2)9-7(3)10(5)8-4/h8H,1H2,2-5H3/b9-7-. The van der Waals surface area contributed by atoms with Crippen LogP contribution in [0, 0.1) is 0 Å². The zero-order chi connectivity index (χ0) is 8.15. The van der Waals surface area contributed by atoms with Gasteiger partial charge in [0.1, 0.15) is 5.84 Å². The smallest absolute Gasteiger partial charge is 0.115 e. The second kappa shape index (κ2) is 4.06. The maximum absolute atomic E-state index is 4.13. The highest BCUT2D eigenvalue weighted by atomic mass is 15.5. The van der Waals surface area contributed by atoms with E-state index in [0.29, 0.717) is 0 Å². The number of allylic oxidation sites excluding steroid dienone is 1. The fourth-order valence-electron chi connectivity index (χ4n) is 0.513. The molecule has 0 amide bonds. The van der Waals surface area contributed by atoms with Gasteiger partial charge in [-0.05, 0) is 13.8 Å².